The summed E-state index contributed by atoms with van der Waals surface area (Å²) >= 11 is 0. The van der Waals surface area contributed by atoms with Crippen LogP contribution < -0.4 is 11.1 Å². The Bertz CT molecular complexity index is 1770. The number of nitrogens with zero attached hydrogens (tertiary/aromatic N) is 4. The van der Waals surface area contributed by atoms with Crippen LogP contribution in [0, 0.1) is 5.82 Å². The number of anilines is 2. The van der Waals surface area contributed by atoms with Crippen LogP contribution in [0.4, 0.5) is 15.8 Å². The van der Waals surface area contributed by atoms with Crippen LogP contribution in [-0.4, -0.2) is 57.2 Å². The number of nitrogens with two attached hydrogens (primary N) is 1. The zero-order chi connectivity index (χ0) is 26.2. The number of likely N-dealkylation sites (N-methyl/N-ethyl adjacent to an activating group) is 1. The quantitative estimate of drug-likeness (QED) is 0.227. The first-order valence-electron chi connectivity index (χ1n) is 12.3. The Balaban J connectivity index is 1.40. The zero-order valence-electron chi connectivity index (χ0n) is 21.1. The van der Waals surface area contributed by atoms with E-state index >= 15 is 0 Å². The molecule has 6 aromatic rings. The van der Waals surface area contributed by atoms with Gasteiger partial charge in [0, 0.05) is 64.8 Å². The second-order valence-corrected chi connectivity index (χ2v) is 9.61. The molecule has 0 spiro atoms. The average molecular weight is 507 g/mol. The van der Waals surface area contributed by atoms with E-state index in [0.29, 0.717) is 11.3 Å². The Kier molecular flexibility index (Phi) is 5.97. The van der Waals surface area contributed by atoms with Gasteiger partial charge < -0.3 is 20.9 Å². The first-order valence-corrected chi connectivity index (χ1v) is 12.3. The lowest BCUT2D eigenvalue weighted by Gasteiger charge is -2.13. The highest BCUT2D eigenvalue weighted by Crippen LogP contribution is 2.35. The number of H-pyrrole nitrogens is 2. The van der Waals surface area contributed by atoms with Gasteiger partial charge in [-0.05, 0) is 67.7 Å². The van der Waals surface area contributed by atoms with E-state index in [2.05, 4.69) is 41.4 Å². The van der Waals surface area contributed by atoms with E-state index in [1.165, 1.54) is 6.07 Å². The molecule has 0 aliphatic rings. The zero-order valence-corrected chi connectivity index (χ0v) is 21.1. The van der Waals surface area contributed by atoms with Gasteiger partial charge >= 0.3 is 0 Å². The number of fused-ring (bicyclic) bond motifs is 2. The number of aromatic amines is 2. The van der Waals surface area contributed by atoms with Crippen LogP contribution in [0.2, 0.25) is 0 Å². The Morgan fingerprint density at radius 2 is 1.82 bits per heavy atom. The van der Waals surface area contributed by atoms with Crippen LogP contribution in [0.3, 0.4) is 0 Å². The lowest BCUT2D eigenvalue weighted by Crippen LogP contribution is -2.20. The van der Waals surface area contributed by atoms with Gasteiger partial charge in [-0.15, -0.1) is 0 Å². The van der Waals surface area contributed by atoms with Crippen molar-refractivity contribution in [2.75, 3.05) is 38.2 Å². The van der Waals surface area contributed by atoms with Crippen LogP contribution in [0.15, 0.2) is 73.2 Å². The van der Waals surface area contributed by atoms with Crippen molar-refractivity contribution in [3.63, 3.8) is 0 Å². The summed E-state index contributed by atoms with van der Waals surface area (Å²) in [4.78, 5) is 14.3. The summed E-state index contributed by atoms with van der Waals surface area (Å²) in [7, 11) is 4.02. The Hall–Kier alpha value is -4.76. The summed E-state index contributed by atoms with van der Waals surface area (Å²) in [5, 5.41) is 12.8. The second kappa shape index (κ2) is 9.60. The molecule has 0 saturated carbocycles. The van der Waals surface area contributed by atoms with E-state index in [-0.39, 0.29) is 5.82 Å². The number of benzene rings is 2. The molecule has 8 nitrogen and oxygen atoms in total. The van der Waals surface area contributed by atoms with Crippen LogP contribution in [0.5, 0.6) is 0 Å². The summed E-state index contributed by atoms with van der Waals surface area (Å²) in [5.74, 6) is -0.282. The van der Waals surface area contributed by atoms with Crippen LogP contribution in [0.25, 0.3) is 55.6 Å². The monoisotopic (exact) mass is 506 g/mol. The lowest BCUT2D eigenvalue weighted by atomic mass is 10.0. The molecule has 9 heteroatoms. The number of nitrogen functional groups attached to an aromatic ring is 1. The second-order valence-electron chi connectivity index (χ2n) is 9.61. The Labute approximate surface area is 218 Å². The maximum Gasteiger partial charge on any atom is 0.155 e. The first kappa shape index (κ1) is 23.6. The minimum Gasteiger partial charge on any atom is -0.397 e. The largest absolute Gasteiger partial charge is 0.397 e. The minimum atomic E-state index is -0.282. The van der Waals surface area contributed by atoms with E-state index in [0.717, 1.165) is 68.7 Å². The molecular formula is C29H27FN8. The number of hydrogen-bond acceptors (Lipinski definition) is 6. The number of nitrogens with one attached hydrogen (secondary N) is 3. The fourth-order valence-electron chi connectivity index (χ4n) is 4.69. The SMILES string of the molecule is CN(C)CCNc1cc(F)cc(-c2cccc3[nH]c(-c4n[nH]c5ncc(-c6cncc(N)c6)cc45)cc23)c1. The molecule has 0 amide bonds. The maximum atomic E-state index is 14.6. The Morgan fingerprint density at radius 1 is 0.947 bits per heavy atom. The highest BCUT2D eigenvalue weighted by Gasteiger charge is 2.16. The van der Waals surface area contributed by atoms with E-state index in [1.807, 2.05) is 50.5 Å². The highest BCUT2D eigenvalue weighted by molar-refractivity contribution is 6.01. The summed E-state index contributed by atoms with van der Waals surface area (Å²) in [5.41, 5.74) is 14.0. The fraction of sp³-hybridized carbons (Fsp3) is 0.138. The van der Waals surface area contributed by atoms with Crippen LogP contribution >= 0.6 is 0 Å². The molecule has 0 atom stereocenters. The van der Waals surface area contributed by atoms with Crippen molar-refractivity contribution in [1.82, 2.24) is 30.0 Å². The van der Waals surface area contributed by atoms with Gasteiger partial charge in [-0.1, -0.05) is 12.1 Å². The summed E-state index contributed by atoms with van der Waals surface area (Å²) < 4.78 is 14.6. The average Bonchev–Trinajstić information content (AvgIpc) is 3.51. The molecule has 0 fully saturated rings. The van der Waals surface area contributed by atoms with Crippen molar-refractivity contribution in [2.45, 2.75) is 0 Å². The van der Waals surface area contributed by atoms with E-state index in [1.54, 1.807) is 24.7 Å². The molecule has 0 saturated heterocycles. The van der Waals surface area contributed by atoms with Crippen molar-refractivity contribution in [1.29, 1.82) is 0 Å². The van der Waals surface area contributed by atoms with Crippen molar-refractivity contribution in [3.05, 3.63) is 79.0 Å². The molecule has 4 aromatic heterocycles. The molecule has 4 heterocycles. The molecule has 2 aromatic carbocycles. The predicted octanol–water partition coefficient (Wildman–Crippen LogP) is 5.53. The summed E-state index contributed by atoms with van der Waals surface area (Å²) in [6.07, 6.45) is 5.15. The highest BCUT2D eigenvalue weighted by atomic mass is 19.1. The smallest absolute Gasteiger partial charge is 0.155 e. The normalized spacial score (nSPS) is 11.6. The minimum absolute atomic E-state index is 0.282. The predicted molar refractivity (Wildman–Crippen MR) is 151 cm³/mol. The maximum absolute atomic E-state index is 14.6. The Morgan fingerprint density at radius 3 is 2.66 bits per heavy atom. The van der Waals surface area contributed by atoms with E-state index < -0.39 is 0 Å². The molecule has 0 aliphatic heterocycles. The molecule has 0 unspecified atom stereocenters. The summed E-state index contributed by atoms with van der Waals surface area (Å²) in [6, 6.07) is 17.0. The van der Waals surface area contributed by atoms with Gasteiger partial charge in [0.2, 0.25) is 0 Å². The standard InChI is InChI=1S/C29H27FN8/c1-38(2)7-6-33-22-10-17(8-20(30)12-22)23-4-3-5-26-24(23)13-27(35-26)28-25-11-19(15-34-29(25)37-36-28)18-9-21(31)16-32-14-18/h3-5,8-16,33,35H,6-7,31H2,1-2H3,(H,34,36,37). The third-order valence-electron chi connectivity index (χ3n) is 6.53. The molecule has 0 bridgehead atoms. The first-order chi connectivity index (χ1) is 18.4. The van der Waals surface area contributed by atoms with Crippen molar-refractivity contribution >= 4 is 33.3 Å². The molecule has 5 N–H and O–H groups in total. The third kappa shape index (κ3) is 4.55. The molecule has 6 rings (SSSR count). The topological polar surface area (TPSA) is 112 Å². The van der Waals surface area contributed by atoms with Crippen LogP contribution in [0.1, 0.15) is 0 Å². The summed E-state index contributed by atoms with van der Waals surface area (Å²) in [6.45, 7) is 1.58. The molecule has 0 radical (unpaired) electrons. The number of aromatic nitrogens is 5. The van der Waals surface area contributed by atoms with E-state index in [4.69, 9.17) is 5.73 Å². The van der Waals surface area contributed by atoms with Crippen molar-refractivity contribution in [2.24, 2.45) is 0 Å². The number of hydrogen-bond donors (Lipinski definition) is 4. The van der Waals surface area contributed by atoms with Gasteiger partial charge in [0.15, 0.2) is 5.65 Å². The lowest BCUT2D eigenvalue weighted by molar-refractivity contribution is 0.425. The van der Waals surface area contributed by atoms with E-state index in [9.17, 15) is 4.39 Å². The molecule has 38 heavy (non-hydrogen) atoms. The van der Waals surface area contributed by atoms with Gasteiger partial charge in [-0.25, -0.2) is 9.37 Å². The van der Waals surface area contributed by atoms with Gasteiger partial charge in [0.25, 0.3) is 0 Å². The van der Waals surface area contributed by atoms with Gasteiger partial charge in [-0.3, -0.25) is 10.1 Å². The number of rotatable bonds is 7. The van der Waals surface area contributed by atoms with Gasteiger partial charge in [-0.2, -0.15) is 5.10 Å². The van der Waals surface area contributed by atoms with Crippen molar-refractivity contribution in [3.8, 4) is 33.6 Å². The van der Waals surface area contributed by atoms with Crippen molar-refractivity contribution < 1.29 is 4.39 Å². The molecular weight excluding hydrogens is 479 g/mol. The number of halogens is 1. The van der Waals surface area contributed by atoms with Crippen LogP contribution in [-0.2, 0) is 0 Å². The third-order valence-corrected chi connectivity index (χ3v) is 6.53. The van der Waals surface area contributed by atoms with Gasteiger partial charge in [0.1, 0.15) is 11.5 Å². The molecule has 0 aliphatic carbocycles. The fourth-order valence-corrected chi connectivity index (χ4v) is 4.69. The molecule has 190 valence electrons. The number of pyridine rings is 2. The van der Waals surface area contributed by atoms with Gasteiger partial charge in [0.05, 0.1) is 11.4 Å².